The van der Waals surface area contributed by atoms with Gasteiger partial charge < -0.3 is 10.8 Å². The first-order chi connectivity index (χ1) is 9.59. The average Bonchev–Trinajstić information content (AvgIpc) is 2.38. The normalized spacial score (nSPS) is 21.0. The Morgan fingerprint density at radius 2 is 1.80 bits per heavy atom. The van der Waals surface area contributed by atoms with Gasteiger partial charge in [-0.15, -0.1) is 0 Å². The molecule has 0 amide bonds. The fourth-order valence-corrected chi connectivity index (χ4v) is 4.32. The Labute approximate surface area is 137 Å². The molecule has 112 valence electrons. The smallest absolute Gasteiger partial charge is 0.104 e. The Balaban J connectivity index is 2.28. The third kappa shape index (κ3) is 3.62. The minimum Gasteiger partial charge on any atom is -0.386 e. The SMILES string of the molecule is NCC1(C(O)c2ncc(Br)cc2Br)CCCCCCC1. The molecule has 1 aromatic rings. The number of aliphatic hydroxyl groups excluding tert-OH is 1. The molecule has 0 spiro atoms. The van der Waals surface area contributed by atoms with Crippen LogP contribution in [0.15, 0.2) is 21.2 Å². The topological polar surface area (TPSA) is 59.1 Å². The van der Waals surface area contributed by atoms with Crippen molar-refractivity contribution in [2.75, 3.05) is 6.54 Å². The van der Waals surface area contributed by atoms with Crippen molar-refractivity contribution in [3.63, 3.8) is 0 Å². The largest absolute Gasteiger partial charge is 0.386 e. The highest BCUT2D eigenvalue weighted by atomic mass is 79.9. The van der Waals surface area contributed by atoms with Crippen molar-refractivity contribution in [3.05, 3.63) is 26.9 Å². The molecule has 1 aromatic heterocycles. The molecule has 0 radical (unpaired) electrons. The summed E-state index contributed by atoms with van der Waals surface area (Å²) in [5.41, 5.74) is 6.54. The summed E-state index contributed by atoms with van der Waals surface area (Å²) in [5.74, 6) is 0. The lowest BCUT2D eigenvalue weighted by atomic mass is 9.71. The van der Waals surface area contributed by atoms with E-state index in [4.69, 9.17) is 5.73 Å². The number of halogens is 2. The van der Waals surface area contributed by atoms with Gasteiger partial charge in [-0.25, -0.2) is 0 Å². The van der Waals surface area contributed by atoms with Crippen molar-refractivity contribution in [2.24, 2.45) is 11.1 Å². The van der Waals surface area contributed by atoms with E-state index in [0.29, 0.717) is 12.2 Å². The predicted octanol–water partition coefficient (Wildman–Crippen LogP) is 4.33. The van der Waals surface area contributed by atoms with Crippen molar-refractivity contribution in [3.8, 4) is 0 Å². The summed E-state index contributed by atoms with van der Waals surface area (Å²) >= 11 is 6.91. The van der Waals surface area contributed by atoms with Crippen molar-refractivity contribution in [1.82, 2.24) is 4.98 Å². The first-order valence-corrected chi connectivity index (χ1v) is 8.87. The van der Waals surface area contributed by atoms with E-state index in [2.05, 4.69) is 36.8 Å². The van der Waals surface area contributed by atoms with Crippen LogP contribution in [0.2, 0.25) is 0 Å². The zero-order valence-corrected chi connectivity index (χ0v) is 14.8. The highest BCUT2D eigenvalue weighted by Gasteiger charge is 2.38. The van der Waals surface area contributed by atoms with Gasteiger partial charge in [0.2, 0.25) is 0 Å². The highest BCUT2D eigenvalue weighted by molar-refractivity contribution is 9.11. The summed E-state index contributed by atoms with van der Waals surface area (Å²) < 4.78 is 1.74. The summed E-state index contributed by atoms with van der Waals surface area (Å²) in [6.07, 6.45) is 9.16. The number of aliphatic hydroxyl groups is 1. The zero-order valence-electron chi connectivity index (χ0n) is 11.6. The lowest BCUT2D eigenvalue weighted by molar-refractivity contribution is 0.00500. The van der Waals surface area contributed by atoms with Crippen LogP contribution in [0, 0.1) is 5.41 Å². The lowest BCUT2D eigenvalue weighted by Gasteiger charge is -2.38. The number of rotatable bonds is 3. The minimum absolute atomic E-state index is 0.232. The lowest BCUT2D eigenvalue weighted by Crippen LogP contribution is -2.38. The second-order valence-corrected chi connectivity index (χ2v) is 7.53. The molecule has 20 heavy (non-hydrogen) atoms. The Morgan fingerprint density at radius 1 is 1.20 bits per heavy atom. The van der Waals surface area contributed by atoms with Crippen LogP contribution in [0.4, 0.5) is 0 Å². The van der Waals surface area contributed by atoms with Crippen molar-refractivity contribution >= 4 is 31.9 Å². The monoisotopic (exact) mass is 404 g/mol. The van der Waals surface area contributed by atoms with Gasteiger partial charge in [-0.3, -0.25) is 4.98 Å². The molecule has 1 saturated carbocycles. The summed E-state index contributed by atoms with van der Waals surface area (Å²) in [7, 11) is 0. The molecule has 1 aliphatic carbocycles. The van der Waals surface area contributed by atoms with Crippen LogP contribution in [-0.2, 0) is 0 Å². The van der Waals surface area contributed by atoms with Gasteiger partial charge in [0.25, 0.3) is 0 Å². The number of hydrogen-bond donors (Lipinski definition) is 2. The van der Waals surface area contributed by atoms with Crippen LogP contribution in [0.1, 0.15) is 56.7 Å². The van der Waals surface area contributed by atoms with Gasteiger partial charge in [0, 0.05) is 27.1 Å². The average molecular weight is 406 g/mol. The second-order valence-electron chi connectivity index (χ2n) is 5.76. The molecule has 1 heterocycles. The maximum absolute atomic E-state index is 10.9. The highest BCUT2D eigenvalue weighted by Crippen LogP contribution is 2.44. The van der Waals surface area contributed by atoms with Crippen LogP contribution < -0.4 is 5.73 Å². The molecule has 0 aliphatic heterocycles. The molecule has 0 saturated heterocycles. The predicted molar refractivity (Wildman–Crippen MR) is 88.4 cm³/mol. The van der Waals surface area contributed by atoms with Crippen molar-refractivity contribution < 1.29 is 5.11 Å². The van der Waals surface area contributed by atoms with Crippen LogP contribution in [0.5, 0.6) is 0 Å². The van der Waals surface area contributed by atoms with E-state index in [-0.39, 0.29) is 5.41 Å². The van der Waals surface area contributed by atoms with Gasteiger partial charge in [0.15, 0.2) is 0 Å². The third-order valence-corrected chi connectivity index (χ3v) is 5.50. The van der Waals surface area contributed by atoms with E-state index in [9.17, 15) is 5.11 Å². The minimum atomic E-state index is -0.604. The number of hydrogen-bond acceptors (Lipinski definition) is 3. The standard InChI is InChI=1S/C15H22Br2N2O/c16-11-8-12(17)13(19-9-11)14(20)15(10-18)6-4-2-1-3-5-7-15/h8-9,14,20H,1-7,10,18H2. The molecular formula is C15H22Br2N2O. The number of nitrogens with zero attached hydrogens (tertiary/aromatic N) is 1. The number of aromatic nitrogens is 1. The quantitative estimate of drug-likeness (QED) is 0.786. The third-order valence-electron chi connectivity index (χ3n) is 4.43. The molecular weight excluding hydrogens is 384 g/mol. The Bertz CT molecular complexity index is 445. The van der Waals surface area contributed by atoms with Gasteiger partial charge in [0.1, 0.15) is 6.10 Å². The zero-order chi connectivity index (χ0) is 14.6. The van der Waals surface area contributed by atoms with Crippen LogP contribution in [0.25, 0.3) is 0 Å². The van der Waals surface area contributed by atoms with E-state index in [1.165, 1.54) is 19.3 Å². The number of pyridine rings is 1. The fraction of sp³-hybridized carbons (Fsp3) is 0.667. The van der Waals surface area contributed by atoms with Gasteiger partial charge in [-0.2, -0.15) is 0 Å². The summed E-state index contributed by atoms with van der Waals surface area (Å²) in [6, 6.07) is 1.93. The molecule has 1 fully saturated rings. The van der Waals surface area contributed by atoms with Crippen LogP contribution in [0.3, 0.4) is 0 Å². The van der Waals surface area contributed by atoms with E-state index >= 15 is 0 Å². The molecule has 0 bridgehead atoms. The summed E-state index contributed by atoms with van der Waals surface area (Å²) in [4.78, 5) is 4.40. The Kier molecular flexibility index (Phi) is 6.02. The Morgan fingerprint density at radius 3 is 2.35 bits per heavy atom. The van der Waals surface area contributed by atoms with Gasteiger partial charge in [-0.1, -0.05) is 32.1 Å². The second kappa shape index (κ2) is 7.34. The van der Waals surface area contributed by atoms with E-state index in [0.717, 1.165) is 34.6 Å². The van der Waals surface area contributed by atoms with Gasteiger partial charge >= 0.3 is 0 Å². The molecule has 2 rings (SSSR count). The van der Waals surface area contributed by atoms with Gasteiger partial charge in [0.05, 0.1) is 5.69 Å². The maximum Gasteiger partial charge on any atom is 0.104 e. The van der Waals surface area contributed by atoms with Gasteiger partial charge in [-0.05, 0) is 50.8 Å². The van der Waals surface area contributed by atoms with E-state index < -0.39 is 6.10 Å². The molecule has 3 N–H and O–H groups in total. The fourth-order valence-electron chi connectivity index (χ4n) is 3.12. The summed E-state index contributed by atoms with van der Waals surface area (Å²) in [6.45, 7) is 0.512. The van der Waals surface area contributed by atoms with Crippen molar-refractivity contribution in [1.29, 1.82) is 0 Å². The Hall–Kier alpha value is 0.0300. The first-order valence-electron chi connectivity index (χ1n) is 7.28. The molecule has 5 heteroatoms. The molecule has 1 atom stereocenters. The summed E-state index contributed by atoms with van der Waals surface area (Å²) in [5, 5.41) is 10.9. The maximum atomic E-state index is 10.9. The van der Waals surface area contributed by atoms with E-state index in [1.807, 2.05) is 6.07 Å². The molecule has 0 aromatic carbocycles. The molecule has 1 aliphatic rings. The van der Waals surface area contributed by atoms with Crippen LogP contribution >= 0.6 is 31.9 Å². The van der Waals surface area contributed by atoms with Crippen molar-refractivity contribution in [2.45, 2.75) is 51.0 Å². The number of nitrogens with two attached hydrogens (primary N) is 1. The van der Waals surface area contributed by atoms with E-state index in [1.54, 1.807) is 6.20 Å². The molecule has 3 nitrogen and oxygen atoms in total. The van der Waals surface area contributed by atoms with Crippen LogP contribution in [-0.4, -0.2) is 16.6 Å². The first kappa shape index (κ1) is 16.4. The molecule has 1 unspecified atom stereocenters.